The highest BCUT2D eigenvalue weighted by atomic mass is 32.2. The van der Waals surface area contributed by atoms with Gasteiger partial charge in [0.15, 0.2) is 0 Å². The molecule has 2 aromatic rings. The Hall–Kier alpha value is -1.89. The highest BCUT2D eigenvalue weighted by Gasteiger charge is 2.59. The van der Waals surface area contributed by atoms with Crippen molar-refractivity contribution in [3.8, 4) is 5.75 Å². The second-order valence-electron chi connectivity index (χ2n) is 7.13. The van der Waals surface area contributed by atoms with Crippen molar-refractivity contribution >= 4 is 10.0 Å². The molecular weight excluding hydrogens is 350 g/mol. The van der Waals surface area contributed by atoms with E-state index >= 15 is 0 Å². The van der Waals surface area contributed by atoms with Crippen molar-refractivity contribution in [1.82, 2.24) is 4.31 Å². The number of rotatable bonds is 4. The molecule has 5 nitrogen and oxygen atoms in total. The molecule has 1 unspecified atom stereocenters. The van der Waals surface area contributed by atoms with Gasteiger partial charge in [0.05, 0.1) is 24.5 Å². The van der Waals surface area contributed by atoms with Crippen LogP contribution in [0.3, 0.4) is 0 Å². The molecule has 6 heteroatoms. The molecular formula is C20H23NO4S. The molecule has 0 saturated heterocycles. The van der Waals surface area contributed by atoms with Crippen molar-refractivity contribution in [3.63, 3.8) is 0 Å². The zero-order valence-electron chi connectivity index (χ0n) is 14.8. The first kappa shape index (κ1) is 17.5. The van der Waals surface area contributed by atoms with E-state index in [9.17, 15) is 13.5 Å². The average molecular weight is 373 g/mol. The first-order valence-electron chi connectivity index (χ1n) is 8.86. The highest BCUT2D eigenvalue weighted by molar-refractivity contribution is 7.88. The van der Waals surface area contributed by atoms with Crippen LogP contribution in [0.4, 0.5) is 0 Å². The number of ether oxygens (including phenoxy) is 1. The maximum absolute atomic E-state index is 13.2. The Kier molecular flexibility index (Phi) is 4.29. The van der Waals surface area contributed by atoms with E-state index in [0.29, 0.717) is 25.8 Å². The Balaban J connectivity index is 1.69. The number of aliphatic hydroxyl groups excluding tert-OH is 1. The lowest BCUT2D eigenvalue weighted by Gasteiger charge is -2.32. The van der Waals surface area contributed by atoms with E-state index in [-0.39, 0.29) is 5.75 Å². The summed E-state index contributed by atoms with van der Waals surface area (Å²) in [5.74, 6) is 0.684. The fourth-order valence-corrected chi connectivity index (χ4v) is 5.97. The van der Waals surface area contributed by atoms with Crippen molar-refractivity contribution in [1.29, 1.82) is 0 Å². The zero-order valence-corrected chi connectivity index (χ0v) is 15.6. The SMILES string of the molecule is COc1ccc2c(c1)CCN(S(=O)(=O)Cc1ccccc1)C1(CC1)C2O. The molecule has 2 aromatic carbocycles. The maximum Gasteiger partial charge on any atom is 0.218 e. The van der Waals surface area contributed by atoms with Gasteiger partial charge in [0.2, 0.25) is 10.0 Å². The van der Waals surface area contributed by atoms with Gasteiger partial charge < -0.3 is 9.84 Å². The van der Waals surface area contributed by atoms with Crippen LogP contribution in [0.1, 0.15) is 35.6 Å². The first-order chi connectivity index (χ1) is 12.5. The normalized spacial score (nSPS) is 21.8. The van der Waals surface area contributed by atoms with Gasteiger partial charge in [0.25, 0.3) is 0 Å². The molecule has 0 radical (unpaired) electrons. The third kappa shape index (κ3) is 2.92. The number of hydrogen-bond acceptors (Lipinski definition) is 4. The van der Waals surface area contributed by atoms with E-state index in [0.717, 1.165) is 22.4 Å². The maximum atomic E-state index is 13.2. The van der Waals surface area contributed by atoms with E-state index in [1.807, 2.05) is 48.5 Å². The predicted octanol–water partition coefficient (Wildman–Crippen LogP) is 2.65. The monoisotopic (exact) mass is 373 g/mol. The Morgan fingerprint density at radius 2 is 1.92 bits per heavy atom. The van der Waals surface area contributed by atoms with Gasteiger partial charge in [0.1, 0.15) is 5.75 Å². The Morgan fingerprint density at radius 3 is 2.58 bits per heavy atom. The highest BCUT2D eigenvalue weighted by Crippen LogP contribution is 2.54. The van der Waals surface area contributed by atoms with E-state index in [4.69, 9.17) is 4.74 Å². The summed E-state index contributed by atoms with van der Waals surface area (Å²) < 4.78 is 33.2. The fraction of sp³-hybridized carbons (Fsp3) is 0.400. The summed E-state index contributed by atoms with van der Waals surface area (Å²) in [4.78, 5) is 0. The molecule has 1 N–H and O–H groups in total. The minimum Gasteiger partial charge on any atom is -0.497 e. The predicted molar refractivity (Wildman–Crippen MR) is 99.4 cm³/mol. The van der Waals surface area contributed by atoms with Crippen molar-refractivity contribution < 1.29 is 18.3 Å². The number of methoxy groups -OCH3 is 1. The zero-order chi connectivity index (χ0) is 18.4. The topological polar surface area (TPSA) is 66.8 Å². The molecule has 1 fully saturated rings. The average Bonchev–Trinajstić information content (AvgIpc) is 3.43. The molecule has 1 aliphatic heterocycles. The van der Waals surface area contributed by atoms with Crippen LogP contribution in [0.2, 0.25) is 0 Å². The standard InChI is InChI=1S/C20H23NO4S/c1-25-17-7-8-18-16(13-17)9-12-21(20(10-11-20)19(18)22)26(23,24)14-15-5-3-2-4-6-15/h2-8,13,19,22H,9-12,14H2,1H3. The van der Waals surface area contributed by atoms with Gasteiger partial charge in [0, 0.05) is 6.54 Å². The van der Waals surface area contributed by atoms with E-state index < -0.39 is 21.7 Å². The fourth-order valence-electron chi connectivity index (χ4n) is 3.99. The van der Waals surface area contributed by atoms with Gasteiger partial charge in [-0.3, -0.25) is 0 Å². The molecule has 0 bridgehead atoms. The third-order valence-corrected chi connectivity index (χ3v) is 7.44. The van der Waals surface area contributed by atoms with Gasteiger partial charge in [-0.15, -0.1) is 0 Å². The molecule has 1 saturated carbocycles. The van der Waals surface area contributed by atoms with Crippen LogP contribution in [0.25, 0.3) is 0 Å². The first-order valence-corrected chi connectivity index (χ1v) is 10.5. The Labute approximate surface area is 154 Å². The number of aliphatic hydroxyl groups is 1. The molecule has 1 atom stereocenters. The third-order valence-electron chi connectivity index (χ3n) is 5.52. The largest absolute Gasteiger partial charge is 0.497 e. The van der Waals surface area contributed by atoms with Gasteiger partial charge in [-0.25, -0.2) is 8.42 Å². The molecule has 1 spiro atoms. The molecule has 0 aromatic heterocycles. The van der Waals surface area contributed by atoms with Crippen molar-refractivity contribution in [2.24, 2.45) is 0 Å². The summed E-state index contributed by atoms with van der Waals surface area (Å²) in [7, 11) is -1.92. The van der Waals surface area contributed by atoms with Crippen molar-refractivity contribution in [2.75, 3.05) is 13.7 Å². The number of nitrogens with zero attached hydrogens (tertiary/aromatic N) is 1. The van der Waals surface area contributed by atoms with Crippen LogP contribution in [0, 0.1) is 0 Å². The number of hydrogen-bond donors (Lipinski definition) is 1. The summed E-state index contributed by atoms with van der Waals surface area (Å²) in [6, 6.07) is 14.8. The summed E-state index contributed by atoms with van der Waals surface area (Å²) >= 11 is 0. The quantitative estimate of drug-likeness (QED) is 0.895. The second kappa shape index (κ2) is 6.37. The van der Waals surface area contributed by atoms with Gasteiger partial charge in [-0.1, -0.05) is 36.4 Å². The lowest BCUT2D eigenvalue weighted by Crippen LogP contribution is -2.46. The number of fused-ring (bicyclic) bond motifs is 1. The number of benzene rings is 2. The Bertz CT molecular complexity index is 907. The molecule has 0 amide bonds. The minimum absolute atomic E-state index is 0.0397. The van der Waals surface area contributed by atoms with Crippen LogP contribution in [-0.2, 0) is 22.2 Å². The lowest BCUT2D eigenvalue weighted by atomic mass is 9.96. The minimum atomic E-state index is -3.53. The molecule has 4 rings (SSSR count). The van der Waals surface area contributed by atoms with Crippen LogP contribution in [-0.4, -0.2) is 37.0 Å². The smallest absolute Gasteiger partial charge is 0.218 e. The Morgan fingerprint density at radius 1 is 1.19 bits per heavy atom. The number of sulfonamides is 1. The second-order valence-corrected chi connectivity index (χ2v) is 9.03. The van der Waals surface area contributed by atoms with Crippen LogP contribution in [0.15, 0.2) is 48.5 Å². The lowest BCUT2D eigenvalue weighted by molar-refractivity contribution is 0.0794. The molecule has 26 heavy (non-hydrogen) atoms. The summed E-state index contributed by atoms with van der Waals surface area (Å²) in [6.07, 6.45) is 1.14. The summed E-state index contributed by atoms with van der Waals surface area (Å²) in [5.41, 5.74) is 1.84. The van der Waals surface area contributed by atoms with Crippen LogP contribution < -0.4 is 4.74 Å². The molecule has 138 valence electrons. The summed E-state index contributed by atoms with van der Waals surface area (Å²) in [5, 5.41) is 11.0. The van der Waals surface area contributed by atoms with E-state index in [2.05, 4.69) is 0 Å². The van der Waals surface area contributed by atoms with Gasteiger partial charge >= 0.3 is 0 Å². The van der Waals surface area contributed by atoms with E-state index in [1.165, 1.54) is 0 Å². The molecule has 2 aliphatic rings. The van der Waals surface area contributed by atoms with E-state index in [1.54, 1.807) is 11.4 Å². The van der Waals surface area contributed by atoms with Gasteiger partial charge in [-0.05, 0) is 48.1 Å². The van der Waals surface area contributed by atoms with Crippen molar-refractivity contribution in [2.45, 2.75) is 36.7 Å². The van der Waals surface area contributed by atoms with Crippen LogP contribution in [0.5, 0.6) is 5.75 Å². The molecule has 1 heterocycles. The van der Waals surface area contributed by atoms with Crippen LogP contribution >= 0.6 is 0 Å². The molecule has 1 aliphatic carbocycles. The van der Waals surface area contributed by atoms with Crippen molar-refractivity contribution in [3.05, 3.63) is 65.2 Å². The van der Waals surface area contributed by atoms with Gasteiger partial charge in [-0.2, -0.15) is 4.31 Å². The summed E-state index contributed by atoms with van der Waals surface area (Å²) in [6.45, 7) is 0.381.